The average Bonchev–Trinajstić information content (AvgIpc) is 2.55. The summed E-state index contributed by atoms with van der Waals surface area (Å²) in [4.78, 5) is 11.9. The Morgan fingerprint density at radius 3 is 2.26 bits per heavy atom. The largest absolute Gasteiger partial charge is 0.359 e. The molecular formula is C16H17ClN2O3S. The highest BCUT2D eigenvalue weighted by Gasteiger charge is 2.23. The van der Waals surface area contributed by atoms with Crippen molar-refractivity contribution in [3.8, 4) is 0 Å². The first-order chi connectivity index (χ1) is 10.9. The van der Waals surface area contributed by atoms with Crippen LogP contribution in [-0.4, -0.2) is 21.4 Å². The van der Waals surface area contributed by atoms with E-state index >= 15 is 0 Å². The summed E-state index contributed by atoms with van der Waals surface area (Å²) in [6, 6.07) is 14.1. The standard InChI is InChI=1S/C16H17ClN2O3S/c1-18-16(20)11-15(12-7-9-13(17)10-8-12)19-23(21,22)14-5-3-2-4-6-14/h2-10,15,19H,11H2,1H3,(H,18,20). The van der Waals surface area contributed by atoms with Crippen LogP contribution in [0.3, 0.4) is 0 Å². The van der Waals surface area contributed by atoms with E-state index in [9.17, 15) is 13.2 Å². The Morgan fingerprint density at radius 1 is 1.09 bits per heavy atom. The molecule has 1 unspecified atom stereocenters. The van der Waals surface area contributed by atoms with E-state index in [2.05, 4.69) is 10.0 Å². The third kappa shape index (κ3) is 4.79. The van der Waals surface area contributed by atoms with Gasteiger partial charge in [0.15, 0.2) is 0 Å². The van der Waals surface area contributed by atoms with Crippen LogP contribution in [-0.2, 0) is 14.8 Å². The quantitative estimate of drug-likeness (QED) is 0.838. The van der Waals surface area contributed by atoms with E-state index in [0.717, 1.165) is 0 Å². The van der Waals surface area contributed by atoms with E-state index in [1.54, 1.807) is 42.5 Å². The second kappa shape index (κ2) is 7.59. The van der Waals surface area contributed by atoms with Crippen molar-refractivity contribution in [2.45, 2.75) is 17.4 Å². The topological polar surface area (TPSA) is 75.3 Å². The Bertz CT molecular complexity index is 762. The molecule has 0 aliphatic heterocycles. The van der Waals surface area contributed by atoms with Crippen molar-refractivity contribution in [2.75, 3.05) is 7.05 Å². The fourth-order valence-electron chi connectivity index (χ4n) is 2.07. The van der Waals surface area contributed by atoms with Gasteiger partial charge in [-0.15, -0.1) is 0 Å². The molecule has 122 valence electrons. The van der Waals surface area contributed by atoms with Crippen LogP contribution in [0.5, 0.6) is 0 Å². The molecule has 0 spiro atoms. The molecule has 0 heterocycles. The number of hydrogen-bond acceptors (Lipinski definition) is 3. The normalized spacial score (nSPS) is 12.6. The molecule has 2 aromatic carbocycles. The highest BCUT2D eigenvalue weighted by Crippen LogP contribution is 2.22. The van der Waals surface area contributed by atoms with Crippen molar-refractivity contribution in [3.63, 3.8) is 0 Å². The van der Waals surface area contributed by atoms with Crippen molar-refractivity contribution in [1.29, 1.82) is 0 Å². The van der Waals surface area contributed by atoms with Crippen LogP contribution in [0.25, 0.3) is 0 Å². The molecular weight excluding hydrogens is 336 g/mol. The van der Waals surface area contributed by atoms with Gasteiger partial charge in [0.2, 0.25) is 15.9 Å². The van der Waals surface area contributed by atoms with Gasteiger partial charge < -0.3 is 5.32 Å². The zero-order valence-corrected chi connectivity index (χ0v) is 14.1. The molecule has 0 aromatic heterocycles. The summed E-state index contributed by atoms with van der Waals surface area (Å²) in [5, 5.41) is 3.04. The molecule has 0 saturated carbocycles. The van der Waals surface area contributed by atoms with Crippen molar-refractivity contribution in [3.05, 3.63) is 65.2 Å². The number of hydrogen-bond donors (Lipinski definition) is 2. The van der Waals surface area contributed by atoms with Crippen LogP contribution in [0.15, 0.2) is 59.5 Å². The summed E-state index contributed by atoms with van der Waals surface area (Å²) in [5.74, 6) is -0.263. The van der Waals surface area contributed by atoms with Gasteiger partial charge in [-0.1, -0.05) is 41.9 Å². The number of benzene rings is 2. The number of sulfonamides is 1. The minimum Gasteiger partial charge on any atom is -0.359 e. The minimum atomic E-state index is -3.73. The van der Waals surface area contributed by atoms with Crippen LogP contribution in [0.2, 0.25) is 5.02 Å². The number of nitrogens with one attached hydrogen (secondary N) is 2. The van der Waals surface area contributed by atoms with Crippen LogP contribution in [0.4, 0.5) is 0 Å². The van der Waals surface area contributed by atoms with Gasteiger partial charge in [-0.3, -0.25) is 4.79 Å². The molecule has 2 aromatic rings. The maximum absolute atomic E-state index is 12.5. The SMILES string of the molecule is CNC(=O)CC(NS(=O)(=O)c1ccccc1)c1ccc(Cl)cc1. The van der Waals surface area contributed by atoms with Gasteiger partial charge in [-0.05, 0) is 29.8 Å². The molecule has 0 aliphatic rings. The Kier molecular flexibility index (Phi) is 5.76. The Morgan fingerprint density at radius 2 is 1.70 bits per heavy atom. The lowest BCUT2D eigenvalue weighted by molar-refractivity contribution is -0.121. The van der Waals surface area contributed by atoms with Gasteiger partial charge in [0.1, 0.15) is 0 Å². The first-order valence-electron chi connectivity index (χ1n) is 6.96. The second-order valence-electron chi connectivity index (χ2n) is 4.92. The van der Waals surface area contributed by atoms with Crippen molar-refractivity contribution < 1.29 is 13.2 Å². The molecule has 0 bridgehead atoms. The van der Waals surface area contributed by atoms with Crippen molar-refractivity contribution >= 4 is 27.5 Å². The highest BCUT2D eigenvalue weighted by molar-refractivity contribution is 7.89. The fourth-order valence-corrected chi connectivity index (χ4v) is 3.44. The van der Waals surface area contributed by atoms with E-state index < -0.39 is 16.1 Å². The first kappa shape index (κ1) is 17.5. The fraction of sp³-hybridized carbons (Fsp3) is 0.188. The summed E-state index contributed by atoms with van der Waals surface area (Å²) >= 11 is 5.86. The van der Waals surface area contributed by atoms with Crippen LogP contribution in [0.1, 0.15) is 18.0 Å². The maximum Gasteiger partial charge on any atom is 0.241 e. The Labute approximate surface area is 140 Å². The van der Waals surface area contributed by atoms with Gasteiger partial charge in [0.25, 0.3) is 0 Å². The summed E-state index contributed by atoms with van der Waals surface area (Å²) < 4.78 is 27.5. The Hall–Kier alpha value is -1.89. The molecule has 0 aliphatic carbocycles. The summed E-state index contributed by atoms with van der Waals surface area (Å²) in [7, 11) is -2.23. The predicted molar refractivity (Wildman–Crippen MR) is 89.6 cm³/mol. The molecule has 0 fully saturated rings. The lowest BCUT2D eigenvalue weighted by Crippen LogP contribution is -2.32. The molecule has 0 saturated heterocycles. The van der Waals surface area contributed by atoms with E-state index in [1.807, 2.05) is 0 Å². The van der Waals surface area contributed by atoms with Gasteiger partial charge in [0, 0.05) is 18.5 Å². The summed E-state index contributed by atoms with van der Waals surface area (Å²) in [6.45, 7) is 0. The van der Waals surface area contributed by atoms with Gasteiger partial charge >= 0.3 is 0 Å². The van der Waals surface area contributed by atoms with Gasteiger partial charge in [-0.2, -0.15) is 0 Å². The number of carbonyl (C=O) groups excluding carboxylic acids is 1. The first-order valence-corrected chi connectivity index (χ1v) is 8.82. The number of rotatable bonds is 6. The van der Waals surface area contributed by atoms with E-state index in [1.165, 1.54) is 19.2 Å². The second-order valence-corrected chi connectivity index (χ2v) is 7.07. The predicted octanol–water partition coefficient (Wildman–Crippen LogP) is 2.50. The molecule has 2 N–H and O–H groups in total. The maximum atomic E-state index is 12.5. The molecule has 23 heavy (non-hydrogen) atoms. The van der Waals surface area contributed by atoms with E-state index in [-0.39, 0.29) is 17.2 Å². The molecule has 5 nitrogen and oxygen atoms in total. The van der Waals surface area contributed by atoms with E-state index in [0.29, 0.717) is 10.6 Å². The smallest absolute Gasteiger partial charge is 0.241 e. The lowest BCUT2D eigenvalue weighted by atomic mass is 10.0. The van der Waals surface area contributed by atoms with Crippen LogP contribution >= 0.6 is 11.6 Å². The number of halogens is 1. The monoisotopic (exact) mass is 352 g/mol. The molecule has 1 atom stereocenters. The summed E-state index contributed by atoms with van der Waals surface area (Å²) in [6.07, 6.45) is -0.00973. The highest BCUT2D eigenvalue weighted by atomic mass is 35.5. The van der Waals surface area contributed by atoms with Crippen molar-refractivity contribution in [1.82, 2.24) is 10.0 Å². The molecule has 2 rings (SSSR count). The molecule has 7 heteroatoms. The minimum absolute atomic E-state index is 0.00973. The Balaban J connectivity index is 2.30. The number of carbonyl (C=O) groups is 1. The zero-order chi connectivity index (χ0) is 16.9. The third-order valence-corrected chi connectivity index (χ3v) is 5.03. The van der Waals surface area contributed by atoms with Crippen LogP contribution < -0.4 is 10.0 Å². The van der Waals surface area contributed by atoms with E-state index in [4.69, 9.17) is 11.6 Å². The van der Waals surface area contributed by atoms with Crippen molar-refractivity contribution in [2.24, 2.45) is 0 Å². The van der Waals surface area contributed by atoms with Gasteiger partial charge in [0.05, 0.1) is 10.9 Å². The third-order valence-electron chi connectivity index (χ3n) is 3.29. The number of amides is 1. The average molecular weight is 353 g/mol. The zero-order valence-electron chi connectivity index (χ0n) is 12.5. The lowest BCUT2D eigenvalue weighted by Gasteiger charge is -2.19. The van der Waals surface area contributed by atoms with Gasteiger partial charge in [-0.25, -0.2) is 13.1 Å². The molecule has 1 amide bonds. The molecule has 0 radical (unpaired) electrons. The van der Waals surface area contributed by atoms with Crippen LogP contribution in [0, 0.1) is 0 Å². The summed E-state index contributed by atoms with van der Waals surface area (Å²) in [5.41, 5.74) is 0.664.